The minimum atomic E-state index is -0.543. The fourth-order valence-corrected chi connectivity index (χ4v) is 4.21. The zero-order valence-electron chi connectivity index (χ0n) is 15.9. The monoisotopic (exact) mass is 397 g/mol. The number of rotatable bonds is 4. The van der Waals surface area contributed by atoms with Gasteiger partial charge < -0.3 is 9.63 Å². The van der Waals surface area contributed by atoms with Gasteiger partial charge in [-0.1, -0.05) is 18.0 Å². The van der Waals surface area contributed by atoms with Gasteiger partial charge in [-0.25, -0.2) is 9.37 Å². The summed E-state index contributed by atoms with van der Waals surface area (Å²) < 4.78 is 22.4. The lowest BCUT2D eigenvalue weighted by Gasteiger charge is -2.17. The molecule has 5 rings (SSSR count). The summed E-state index contributed by atoms with van der Waals surface area (Å²) in [6, 6.07) is 3.66. The van der Waals surface area contributed by atoms with Crippen molar-refractivity contribution in [1.82, 2.24) is 24.1 Å². The van der Waals surface area contributed by atoms with E-state index >= 15 is 0 Å². The molecule has 8 nitrogen and oxygen atoms in total. The number of benzene rings is 1. The Morgan fingerprint density at radius 1 is 1.31 bits per heavy atom. The van der Waals surface area contributed by atoms with Crippen molar-refractivity contribution in [2.24, 2.45) is 0 Å². The molecule has 1 saturated carbocycles. The molecule has 0 aliphatic heterocycles. The van der Waals surface area contributed by atoms with Crippen LogP contribution in [-0.4, -0.2) is 35.8 Å². The Labute approximate surface area is 164 Å². The van der Waals surface area contributed by atoms with Gasteiger partial charge in [-0.05, 0) is 38.0 Å². The van der Waals surface area contributed by atoms with Gasteiger partial charge in [-0.2, -0.15) is 4.98 Å². The Bertz CT molecular complexity index is 1270. The van der Waals surface area contributed by atoms with E-state index in [2.05, 4.69) is 15.1 Å². The average molecular weight is 397 g/mol. The Hall–Kier alpha value is -3.07. The number of hydrogen-bond acceptors (Lipinski definition) is 6. The molecule has 0 spiro atoms. The lowest BCUT2D eigenvalue weighted by Crippen LogP contribution is -2.27. The quantitative estimate of drug-likeness (QED) is 0.568. The minimum absolute atomic E-state index is 0.250. The van der Waals surface area contributed by atoms with E-state index < -0.39 is 17.4 Å². The second-order valence-corrected chi connectivity index (χ2v) is 7.59. The Morgan fingerprint density at radius 2 is 2.10 bits per heavy atom. The zero-order valence-corrected chi connectivity index (χ0v) is 15.9. The number of hydrogen-bond donors (Lipinski definition) is 1. The second-order valence-electron chi connectivity index (χ2n) is 7.59. The van der Waals surface area contributed by atoms with Crippen LogP contribution in [0.3, 0.4) is 0 Å². The lowest BCUT2D eigenvalue weighted by molar-refractivity contribution is 0.239. The van der Waals surface area contributed by atoms with Crippen LogP contribution in [0.1, 0.15) is 50.5 Å². The summed E-state index contributed by atoms with van der Waals surface area (Å²) in [5.74, 6) is 0.622. The molecule has 0 bridgehead atoms. The number of aliphatic hydroxyl groups is 1. The molecule has 1 fully saturated rings. The minimum Gasteiger partial charge on any atom is -0.394 e. The van der Waals surface area contributed by atoms with Gasteiger partial charge in [0, 0.05) is 5.92 Å². The highest BCUT2D eigenvalue weighted by atomic mass is 19.1. The molecule has 1 N–H and O–H groups in total. The first-order chi connectivity index (χ1) is 14.1. The lowest BCUT2D eigenvalue weighted by atomic mass is 10.1. The number of imidazole rings is 1. The van der Waals surface area contributed by atoms with E-state index in [9.17, 15) is 14.3 Å². The van der Waals surface area contributed by atoms with E-state index in [0.717, 1.165) is 25.7 Å². The van der Waals surface area contributed by atoms with Crippen molar-refractivity contribution in [2.45, 2.75) is 44.6 Å². The maximum Gasteiger partial charge on any atom is 0.278 e. The Morgan fingerprint density at radius 3 is 2.86 bits per heavy atom. The molecule has 3 aromatic heterocycles. The third kappa shape index (κ3) is 2.76. The van der Waals surface area contributed by atoms with Gasteiger partial charge in [-0.3, -0.25) is 13.8 Å². The summed E-state index contributed by atoms with van der Waals surface area (Å²) in [7, 11) is 0. The number of nitrogens with zero attached hydrogens (tertiary/aromatic N) is 5. The van der Waals surface area contributed by atoms with Gasteiger partial charge in [0.15, 0.2) is 0 Å². The summed E-state index contributed by atoms with van der Waals surface area (Å²) in [4.78, 5) is 22.2. The molecule has 0 radical (unpaired) electrons. The normalized spacial score (nSPS) is 16.2. The summed E-state index contributed by atoms with van der Waals surface area (Å²) in [5.41, 5.74) is 1.16. The van der Waals surface area contributed by atoms with Crippen molar-refractivity contribution < 1.29 is 14.0 Å². The third-order valence-electron chi connectivity index (χ3n) is 5.71. The molecule has 9 heteroatoms. The molecule has 1 aliphatic carbocycles. The molecule has 1 aliphatic rings. The van der Waals surface area contributed by atoms with Crippen LogP contribution < -0.4 is 5.56 Å². The first kappa shape index (κ1) is 18.0. The first-order valence-corrected chi connectivity index (χ1v) is 9.74. The summed E-state index contributed by atoms with van der Waals surface area (Å²) in [6.45, 7) is 1.43. The van der Waals surface area contributed by atoms with Crippen molar-refractivity contribution in [3.8, 4) is 11.5 Å². The fourth-order valence-electron chi connectivity index (χ4n) is 4.21. The van der Waals surface area contributed by atoms with E-state index in [0.29, 0.717) is 22.6 Å². The number of aliphatic hydroxyl groups excluding tert-OH is 1. The first-order valence-electron chi connectivity index (χ1n) is 9.74. The van der Waals surface area contributed by atoms with Crippen LogP contribution in [0.15, 0.2) is 33.8 Å². The third-order valence-corrected chi connectivity index (χ3v) is 5.71. The number of aromatic nitrogens is 5. The predicted molar refractivity (Wildman–Crippen MR) is 103 cm³/mol. The topological polar surface area (TPSA) is 98.5 Å². The highest BCUT2D eigenvalue weighted by molar-refractivity contribution is 5.83. The van der Waals surface area contributed by atoms with Gasteiger partial charge >= 0.3 is 0 Å². The zero-order chi connectivity index (χ0) is 20.1. The Kier molecular flexibility index (Phi) is 4.20. The molecule has 29 heavy (non-hydrogen) atoms. The fraction of sp³-hybridized carbons (Fsp3) is 0.400. The van der Waals surface area contributed by atoms with Gasteiger partial charge in [0.25, 0.3) is 5.56 Å². The summed E-state index contributed by atoms with van der Waals surface area (Å²) in [5, 5.41) is 13.7. The Balaban J connectivity index is 1.77. The van der Waals surface area contributed by atoms with Gasteiger partial charge in [0.2, 0.25) is 11.7 Å². The van der Waals surface area contributed by atoms with Gasteiger partial charge in [-0.15, -0.1) is 0 Å². The molecule has 150 valence electrons. The molecule has 1 aromatic carbocycles. The van der Waals surface area contributed by atoms with Crippen LogP contribution in [0.25, 0.3) is 28.1 Å². The summed E-state index contributed by atoms with van der Waals surface area (Å²) in [6.07, 6.45) is 5.82. The van der Waals surface area contributed by atoms with Crippen molar-refractivity contribution in [3.63, 3.8) is 0 Å². The molecule has 0 amide bonds. The van der Waals surface area contributed by atoms with Gasteiger partial charge in [0.1, 0.15) is 23.4 Å². The maximum atomic E-state index is 13.9. The van der Waals surface area contributed by atoms with Crippen LogP contribution in [-0.2, 0) is 0 Å². The molecule has 4 aromatic rings. The molecular formula is C20H20FN5O3. The van der Waals surface area contributed by atoms with E-state index in [1.54, 1.807) is 17.4 Å². The second kappa shape index (κ2) is 6.77. The highest BCUT2D eigenvalue weighted by Crippen LogP contribution is 2.34. The molecular weight excluding hydrogens is 377 g/mol. The van der Waals surface area contributed by atoms with Gasteiger partial charge in [0.05, 0.1) is 23.7 Å². The SMILES string of the molecule is CC(CO)n1c(=O)c2c(-c3noc(C4CCCC4)n3)ncn2c2ccc(F)cc21. The van der Waals surface area contributed by atoms with Crippen LogP contribution >= 0.6 is 0 Å². The predicted octanol–water partition coefficient (Wildman–Crippen LogP) is 3.05. The van der Waals surface area contributed by atoms with Crippen molar-refractivity contribution in [3.05, 3.63) is 46.6 Å². The van der Waals surface area contributed by atoms with Crippen LogP contribution in [0.2, 0.25) is 0 Å². The standard InChI is InChI=1S/C20H20FN5O3/c1-11(9-27)26-15-8-13(21)6-7-14(15)25-10-22-16(17(25)20(26)28)18-23-19(29-24-18)12-4-2-3-5-12/h6-8,10-12,27H,2-5,9H2,1H3. The molecule has 1 atom stereocenters. The van der Waals surface area contributed by atoms with Crippen LogP contribution in [0.4, 0.5) is 4.39 Å². The van der Waals surface area contributed by atoms with E-state index in [1.807, 2.05) is 0 Å². The summed E-state index contributed by atoms with van der Waals surface area (Å²) >= 11 is 0. The van der Waals surface area contributed by atoms with Crippen LogP contribution in [0.5, 0.6) is 0 Å². The van der Waals surface area contributed by atoms with Crippen LogP contribution in [0, 0.1) is 5.82 Å². The van der Waals surface area contributed by atoms with Crippen molar-refractivity contribution in [2.75, 3.05) is 6.61 Å². The van der Waals surface area contributed by atoms with E-state index in [1.165, 1.54) is 23.0 Å². The van der Waals surface area contributed by atoms with E-state index in [4.69, 9.17) is 4.52 Å². The average Bonchev–Trinajstić information content (AvgIpc) is 3.46. The maximum absolute atomic E-state index is 13.9. The van der Waals surface area contributed by atoms with E-state index in [-0.39, 0.29) is 23.9 Å². The number of halogens is 1. The van der Waals surface area contributed by atoms with Crippen molar-refractivity contribution in [1.29, 1.82) is 0 Å². The van der Waals surface area contributed by atoms with Crippen molar-refractivity contribution >= 4 is 16.6 Å². The highest BCUT2D eigenvalue weighted by Gasteiger charge is 2.26. The molecule has 0 saturated heterocycles. The largest absolute Gasteiger partial charge is 0.394 e. The molecule has 3 heterocycles. The smallest absolute Gasteiger partial charge is 0.278 e. The number of fused-ring (bicyclic) bond motifs is 3. The molecule has 1 unspecified atom stereocenters.